The lowest BCUT2D eigenvalue weighted by Crippen LogP contribution is -2.60. The standard InChI is InChI=1S/C19H30BrN3O2/c1-23(11-19(24)25)18-9-15(13-4-2-3-12(7-13)10-21)16-8-14(20)5-6-17(16)22-18/h12-18,22H,2-9,11H2,1H3,(H,24,25). The predicted octanol–water partition coefficient (Wildman–Crippen LogP) is 3.20. The van der Waals surface area contributed by atoms with Gasteiger partial charge in [0.25, 0.3) is 0 Å². The Morgan fingerprint density at radius 2 is 2.04 bits per heavy atom. The Morgan fingerprint density at radius 3 is 2.76 bits per heavy atom. The quantitative estimate of drug-likeness (QED) is 0.694. The zero-order valence-electron chi connectivity index (χ0n) is 15.0. The number of rotatable bonds is 4. The highest BCUT2D eigenvalue weighted by Crippen LogP contribution is 2.47. The third-order valence-corrected chi connectivity index (χ3v) is 7.54. The van der Waals surface area contributed by atoms with Crippen molar-refractivity contribution in [3.05, 3.63) is 0 Å². The van der Waals surface area contributed by atoms with E-state index in [0.717, 1.165) is 32.1 Å². The van der Waals surface area contributed by atoms with Gasteiger partial charge in [-0.3, -0.25) is 15.0 Å². The molecule has 0 spiro atoms. The zero-order valence-corrected chi connectivity index (χ0v) is 16.6. The third kappa shape index (κ3) is 4.56. The number of likely N-dealkylation sites (N-methyl/N-ethyl adjacent to an activating group) is 1. The maximum atomic E-state index is 11.1. The summed E-state index contributed by atoms with van der Waals surface area (Å²) in [7, 11) is 1.91. The highest BCUT2D eigenvalue weighted by Gasteiger charge is 2.45. The van der Waals surface area contributed by atoms with Crippen molar-refractivity contribution in [1.29, 1.82) is 5.26 Å². The first-order chi connectivity index (χ1) is 12.0. The summed E-state index contributed by atoms with van der Waals surface area (Å²) in [6, 6.07) is 2.98. The molecule has 3 aliphatic rings. The van der Waals surface area contributed by atoms with Gasteiger partial charge in [-0.15, -0.1) is 0 Å². The molecule has 6 heteroatoms. The molecule has 25 heavy (non-hydrogen) atoms. The molecule has 1 saturated heterocycles. The Labute approximate surface area is 159 Å². The predicted molar refractivity (Wildman–Crippen MR) is 100 cm³/mol. The van der Waals surface area contributed by atoms with Gasteiger partial charge in [-0.25, -0.2) is 0 Å². The second-order valence-corrected chi connectivity index (χ2v) is 9.62. The van der Waals surface area contributed by atoms with Gasteiger partial charge < -0.3 is 5.11 Å². The van der Waals surface area contributed by atoms with Crippen LogP contribution in [-0.4, -0.2) is 46.6 Å². The number of nitrogens with one attached hydrogen (secondary N) is 1. The fourth-order valence-electron chi connectivity index (χ4n) is 5.49. The molecule has 1 heterocycles. The minimum absolute atomic E-state index is 0.0777. The molecular weight excluding hydrogens is 382 g/mol. The number of aliphatic carboxylic acids is 1. The van der Waals surface area contributed by atoms with E-state index in [1.165, 1.54) is 19.3 Å². The van der Waals surface area contributed by atoms with Crippen molar-refractivity contribution in [3.8, 4) is 6.07 Å². The number of fused-ring (bicyclic) bond motifs is 1. The van der Waals surface area contributed by atoms with Crippen LogP contribution in [0.5, 0.6) is 0 Å². The third-order valence-electron chi connectivity index (χ3n) is 6.71. The summed E-state index contributed by atoms with van der Waals surface area (Å²) in [6.07, 6.45) is 9.16. The van der Waals surface area contributed by atoms with Gasteiger partial charge in [0, 0.05) is 16.8 Å². The summed E-state index contributed by atoms with van der Waals surface area (Å²) >= 11 is 3.84. The summed E-state index contributed by atoms with van der Waals surface area (Å²) in [5.41, 5.74) is 0. The minimum atomic E-state index is -0.769. The lowest BCUT2D eigenvalue weighted by atomic mass is 9.63. The molecule has 7 atom stereocenters. The molecule has 3 rings (SSSR count). The first kappa shape index (κ1) is 19.1. The molecule has 7 unspecified atom stereocenters. The van der Waals surface area contributed by atoms with E-state index in [-0.39, 0.29) is 18.6 Å². The van der Waals surface area contributed by atoms with Crippen LogP contribution in [0.1, 0.15) is 51.4 Å². The number of carboxylic acids is 1. The number of hydrogen-bond donors (Lipinski definition) is 2. The minimum Gasteiger partial charge on any atom is -0.480 e. The van der Waals surface area contributed by atoms with Gasteiger partial charge in [0.2, 0.25) is 0 Å². The van der Waals surface area contributed by atoms with Gasteiger partial charge in [-0.1, -0.05) is 28.8 Å². The normalized spacial score (nSPS) is 41.8. The maximum absolute atomic E-state index is 11.1. The van der Waals surface area contributed by atoms with Gasteiger partial charge >= 0.3 is 5.97 Å². The van der Waals surface area contributed by atoms with Crippen LogP contribution >= 0.6 is 15.9 Å². The smallest absolute Gasteiger partial charge is 0.317 e. The summed E-state index contributed by atoms with van der Waals surface area (Å²) in [5, 5.41) is 22.3. The van der Waals surface area contributed by atoms with E-state index in [1.807, 2.05) is 11.9 Å². The van der Waals surface area contributed by atoms with Crippen molar-refractivity contribution in [1.82, 2.24) is 10.2 Å². The fraction of sp³-hybridized carbons (Fsp3) is 0.895. The van der Waals surface area contributed by atoms with Crippen LogP contribution in [0.4, 0.5) is 0 Å². The maximum Gasteiger partial charge on any atom is 0.317 e. The van der Waals surface area contributed by atoms with E-state index >= 15 is 0 Å². The Bertz CT molecular complexity index is 523. The topological polar surface area (TPSA) is 76.4 Å². The molecule has 3 fully saturated rings. The Hall–Kier alpha value is -0.640. The summed E-state index contributed by atoms with van der Waals surface area (Å²) in [4.78, 5) is 13.7. The van der Waals surface area contributed by atoms with E-state index < -0.39 is 5.97 Å². The van der Waals surface area contributed by atoms with Crippen LogP contribution in [0.15, 0.2) is 0 Å². The van der Waals surface area contributed by atoms with Crippen molar-refractivity contribution in [2.45, 2.75) is 68.4 Å². The number of piperidine rings is 1. The summed E-state index contributed by atoms with van der Waals surface area (Å²) in [5.74, 6) is 1.31. The molecule has 0 aromatic rings. The summed E-state index contributed by atoms with van der Waals surface area (Å²) in [6.45, 7) is 0.0777. The van der Waals surface area contributed by atoms with Crippen molar-refractivity contribution >= 4 is 21.9 Å². The van der Waals surface area contributed by atoms with Crippen molar-refractivity contribution < 1.29 is 9.90 Å². The average molecular weight is 412 g/mol. The molecule has 1 aliphatic heterocycles. The van der Waals surface area contributed by atoms with Crippen molar-refractivity contribution in [2.24, 2.45) is 23.7 Å². The molecule has 2 N–H and O–H groups in total. The second-order valence-electron chi connectivity index (χ2n) is 8.32. The SMILES string of the molecule is CN(CC(=O)O)C1CC(C2CCCC(C#N)C2)C2CC(Br)CCC2N1. The fourth-order valence-corrected chi connectivity index (χ4v) is 6.18. The van der Waals surface area contributed by atoms with Gasteiger partial charge in [-0.05, 0) is 63.3 Å². The highest BCUT2D eigenvalue weighted by molar-refractivity contribution is 9.09. The van der Waals surface area contributed by atoms with E-state index in [4.69, 9.17) is 5.11 Å². The van der Waals surface area contributed by atoms with Crippen LogP contribution < -0.4 is 5.32 Å². The number of halogens is 1. The summed E-state index contributed by atoms with van der Waals surface area (Å²) < 4.78 is 0. The van der Waals surface area contributed by atoms with Crippen molar-refractivity contribution in [3.63, 3.8) is 0 Å². The molecule has 2 aliphatic carbocycles. The van der Waals surface area contributed by atoms with Gasteiger partial charge in [0.1, 0.15) is 0 Å². The number of nitriles is 1. The van der Waals surface area contributed by atoms with Gasteiger partial charge in [0.15, 0.2) is 0 Å². The van der Waals surface area contributed by atoms with Crippen LogP contribution in [0.25, 0.3) is 0 Å². The van der Waals surface area contributed by atoms with E-state index in [2.05, 4.69) is 27.3 Å². The van der Waals surface area contributed by atoms with Crippen LogP contribution in [-0.2, 0) is 4.79 Å². The first-order valence-electron chi connectivity index (χ1n) is 9.69. The first-order valence-corrected chi connectivity index (χ1v) is 10.6. The van der Waals surface area contributed by atoms with Crippen molar-refractivity contribution in [2.75, 3.05) is 13.6 Å². The lowest BCUT2D eigenvalue weighted by molar-refractivity contribution is -0.139. The molecule has 0 bridgehead atoms. The van der Waals surface area contributed by atoms with Gasteiger partial charge in [-0.2, -0.15) is 5.26 Å². The largest absolute Gasteiger partial charge is 0.480 e. The van der Waals surface area contributed by atoms with Crippen LogP contribution in [0, 0.1) is 35.0 Å². The van der Waals surface area contributed by atoms with E-state index in [9.17, 15) is 10.1 Å². The molecule has 140 valence electrons. The van der Waals surface area contributed by atoms with Gasteiger partial charge in [0.05, 0.1) is 18.8 Å². The Kier molecular flexibility index (Phi) is 6.40. The molecular formula is C19H30BrN3O2. The second kappa shape index (κ2) is 8.37. The number of nitrogens with zero attached hydrogens (tertiary/aromatic N) is 2. The molecule has 5 nitrogen and oxygen atoms in total. The lowest BCUT2D eigenvalue weighted by Gasteiger charge is -2.51. The van der Waals surface area contributed by atoms with Crippen LogP contribution in [0.3, 0.4) is 0 Å². The molecule has 0 aromatic heterocycles. The number of hydrogen-bond acceptors (Lipinski definition) is 4. The molecule has 2 saturated carbocycles. The Balaban J connectivity index is 1.76. The molecule has 0 amide bonds. The number of alkyl halides is 1. The molecule has 0 radical (unpaired) electrons. The van der Waals surface area contributed by atoms with E-state index in [1.54, 1.807) is 0 Å². The molecule has 0 aromatic carbocycles. The average Bonchev–Trinajstić information content (AvgIpc) is 2.60. The number of carbonyl (C=O) groups is 1. The Morgan fingerprint density at radius 1 is 1.24 bits per heavy atom. The zero-order chi connectivity index (χ0) is 18.0. The monoisotopic (exact) mass is 411 g/mol. The van der Waals surface area contributed by atoms with E-state index in [0.29, 0.717) is 28.6 Å². The highest BCUT2D eigenvalue weighted by atomic mass is 79.9. The number of carboxylic acid groups (broad SMARTS) is 1. The van der Waals surface area contributed by atoms with Crippen LogP contribution in [0.2, 0.25) is 0 Å².